The molecule has 5 rings (SSSR count). The van der Waals surface area contributed by atoms with Crippen LogP contribution in [0.1, 0.15) is 39.7 Å². The fraction of sp³-hybridized carbons (Fsp3) is 0.167. The zero-order valence-corrected chi connectivity index (χ0v) is 17.9. The minimum Gasteiger partial charge on any atom is -0.485 e. The number of nitrogens with one attached hydrogen (secondary N) is 1. The predicted octanol–water partition coefficient (Wildman–Crippen LogP) is 4.72. The number of thiazole rings is 1. The van der Waals surface area contributed by atoms with Crippen LogP contribution >= 0.6 is 11.3 Å². The normalized spacial score (nSPS) is 14.8. The molecule has 3 heterocycles. The molecule has 1 aliphatic rings. The number of hydrogen-bond donors (Lipinski definition) is 1. The first-order valence-corrected chi connectivity index (χ1v) is 11.1. The van der Waals surface area contributed by atoms with Crippen molar-refractivity contribution < 1.29 is 14.3 Å². The maximum Gasteiger partial charge on any atom is 0.278 e. The number of amides is 1. The molecule has 7 nitrogen and oxygen atoms in total. The van der Waals surface area contributed by atoms with Crippen molar-refractivity contribution in [2.45, 2.75) is 25.5 Å². The Labute approximate surface area is 189 Å². The minimum atomic E-state index is -0.246. The van der Waals surface area contributed by atoms with E-state index < -0.39 is 0 Å². The van der Waals surface area contributed by atoms with Crippen molar-refractivity contribution in [2.24, 2.45) is 0 Å². The van der Waals surface area contributed by atoms with E-state index >= 15 is 0 Å². The topological polar surface area (TPSA) is 86.2 Å². The number of aryl methyl sites for hydroxylation is 1. The molecule has 2 aromatic carbocycles. The van der Waals surface area contributed by atoms with Crippen LogP contribution < -0.4 is 14.8 Å². The van der Waals surface area contributed by atoms with Gasteiger partial charge in [-0.15, -0.1) is 0 Å². The van der Waals surface area contributed by atoms with E-state index in [0.29, 0.717) is 17.3 Å². The van der Waals surface area contributed by atoms with Crippen molar-refractivity contribution >= 4 is 17.2 Å². The molecular formula is C24H20N4O3S. The third kappa shape index (κ3) is 4.60. The highest BCUT2D eigenvalue weighted by molar-refractivity contribution is 7.11. The van der Waals surface area contributed by atoms with Crippen molar-refractivity contribution in [1.82, 2.24) is 20.3 Å². The molecule has 0 saturated heterocycles. The van der Waals surface area contributed by atoms with Crippen LogP contribution in [0, 0.1) is 0 Å². The maximum atomic E-state index is 12.1. The van der Waals surface area contributed by atoms with Gasteiger partial charge in [-0.05, 0) is 42.2 Å². The lowest BCUT2D eigenvalue weighted by atomic mass is 9.97. The third-order valence-electron chi connectivity index (χ3n) is 5.14. The van der Waals surface area contributed by atoms with Crippen LogP contribution in [0.15, 0.2) is 72.6 Å². The molecule has 32 heavy (non-hydrogen) atoms. The Kier molecular flexibility index (Phi) is 5.76. The summed E-state index contributed by atoms with van der Waals surface area (Å²) in [5.41, 5.74) is 3.46. The van der Waals surface area contributed by atoms with Crippen molar-refractivity contribution in [1.29, 1.82) is 0 Å². The average Bonchev–Trinajstić information content (AvgIpc) is 3.30. The Morgan fingerprint density at radius 3 is 2.84 bits per heavy atom. The van der Waals surface area contributed by atoms with Crippen LogP contribution in [-0.2, 0) is 13.0 Å². The van der Waals surface area contributed by atoms with Gasteiger partial charge in [-0.25, -0.2) is 15.0 Å². The van der Waals surface area contributed by atoms with Crippen LogP contribution in [0.3, 0.4) is 0 Å². The summed E-state index contributed by atoms with van der Waals surface area (Å²) >= 11 is 1.39. The Morgan fingerprint density at radius 2 is 2.00 bits per heavy atom. The van der Waals surface area contributed by atoms with E-state index in [9.17, 15) is 4.79 Å². The highest BCUT2D eigenvalue weighted by Gasteiger charge is 2.21. The number of aromatic nitrogens is 3. The van der Waals surface area contributed by atoms with Gasteiger partial charge in [0.15, 0.2) is 0 Å². The van der Waals surface area contributed by atoms with Gasteiger partial charge in [0.1, 0.15) is 23.9 Å². The van der Waals surface area contributed by atoms with E-state index in [4.69, 9.17) is 9.47 Å². The Hall–Kier alpha value is -3.78. The SMILES string of the molecule is O=C(NCc1csc(Oc2ccc3c(c2)CCC(c2ccccc2)O3)n1)c1cncnc1. The molecule has 2 aromatic heterocycles. The van der Waals surface area contributed by atoms with Gasteiger partial charge in [0, 0.05) is 17.8 Å². The molecule has 0 radical (unpaired) electrons. The monoisotopic (exact) mass is 444 g/mol. The first-order valence-electron chi connectivity index (χ1n) is 10.2. The lowest BCUT2D eigenvalue weighted by molar-refractivity contribution is 0.0949. The first kappa shape index (κ1) is 20.1. The van der Waals surface area contributed by atoms with E-state index in [1.165, 1.54) is 35.6 Å². The molecule has 1 atom stereocenters. The summed E-state index contributed by atoms with van der Waals surface area (Å²) in [7, 11) is 0. The van der Waals surface area contributed by atoms with Crippen molar-refractivity contribution in [2.75, 3.05) is 0 Å². The van der Waals surface area contributed by atoms with E-state index in [2.05, 4.69) is 32.4 Å². The summed E-state index contributed by atoms with van der Waals surface area (Å²) in [6.45, 7) is 0.298. The van der Waals surface area contributed by atoms with Crippen LogP contribution in [0.5, 0.6) is 16.7 Å². The molecule has 1 N–H and O–H groups in total. The molecule has 8 heteroatoms. The zero-order valence-electron chi connectivity index (χ0n) is 17.1. The van der Waals surface area contributed by atoms with Crippen LogP contribution in [0.4, 0.5) is 0 Å². The second-order valence-corrected chi connectivity index (χ2v) is 8.16. The molecule has 1 amide bonds. The largest absolute Gasteiger partial charge is 0.485 e. The van der Waals surface area contributed by atoms with Crippen LogP contribution in [-0.4, -0.2) is 20.9 Å². The molecule has 0 fully saturated rings. The highest BCUT2D eigenvalue weighted by atomic mass is 32.1. The van der Waals surface area contributed by atoms with E-state index in [1.54, 1.807) is 0 Å². The summed E-state index contributed by atoms with van der Waals surface area (Å²) in [6.07, 6.45) is 6.25. The fourth-order valence-electron chi connectivity index (χ4n) is 3.54. The maximum absolute atomic E-state index is 12.1. The standard InChI is InChI=1S/C24H20N4O3S/c29-23(18-11-25-15-26-12-18)27-13-19-14-32-24(28-19)30-20-7-9-22-17(10-20)6-8-21(31-22)16-4-2-1-3-5-16/h1-5,7,9-12,14-15,21H,6,8,13H2,(H,27,29). The van der Waals surface area contributed by atoms with Crippen LogP contribution in [0.2, 0.25) is 0 Å². The summed E-state index contributed by atoms with van der Waals surface area (Å²) in [5.74, 6) is 1.37. The summed E-state index contributed by atoms with van der Waals surface area (Å²) in [4.78, 5) is 24.3. The first-order chi connectivity index (χ1) is 15.7. The number of nitrogens with zero attached hydrogens (tertiary/aromatic N) is 3. The number of benzene rings is 2. The number of ether oxygens (including phenoxy) is 2. The number of carbonyl (C=O) groups is 1. The fourth-order valence-corrected chi connectivity index (χ4v) is 4.22. The van der Waals surface area contributed by atoms with Gasteiger partial charge in [0.25, 0.3) is 11.1 Å². The summed E-state index contributed by atoms with van der Waals surface area (Å²) in [6, 6.07) is 16.1. The zero-order chi connectivity index (χ0) is 21.8. The summed E-state index contributed by atoms with van der Waals surface area (Å²) < 4.78 is 12.1. The van der Waals surface area contributed by atoms with Gasteiger partial charge in [-0.2, -0.15) is 0 Å². The average molecular weight is 445 g/mol. The molecule has 1 aliphatic heterocycles. The van der Waals surface area contributed by atoms with E-state index in [-0.39, 0.29) is 12.0 Å². The van der Waals surface area contributed by atoms with Crippen molar-refractivity contribution in [3.63, 3.8) is 0 Å². The van der Waals surface area contributed by atoms with Gasteiger partial charge in [-0.1, -0.05) is 41.7 Å². The lowest BCUT2D eigenvalue weighted by Gasteiger charge is -2.26. The highest BCUT2D eigenvalue weighted by Crippen LogP contribution is 2.37. The molecule has 0 spiro atoms. The molecule has 0 bridgehead atoms. The van der Waals surface area contributed by atoms with Crippen molar-refractivity contribution in [3.8, 4) is 16.7 Å². The molecule has 4 aromatic rings. The van der Waals surface area contributed by atoms with Crippen LogP contribution in [0.25, 0.3) is 0 Å². The predicted molar refractivity (Wildman–Crippen MR) is 120 cm³/mol. The van der Waals surface area contributed by atoms with E-state index in [1.807, 2.05) is 41.8 Å². The molecular weight excluding hydrogens is 424 g/mol. The molecule has 0 aliphatic carbocycles. The Morgan fingerprint density at radius 1 is 1.16 bits per heavy atom. The number of rotatable bonds is 6. The third-order valence-corrected chi connectivity index (χ3v) is 5.90. The number of fused-ring (bicyclic) bond motifs is 1. The lowest BCUT2D eigenvalue weighted by Crippen LogP contribution is -2.23. The molecule has 160 valence electrons. The van der Waals surface area contributed by atoms with Gasteiger partial charge in [0.2, 0.25) is 0 Å². The van der Waals surface area contributed by atoms with E-state index in [0.717, 1.165) is 35.6 Å². The number of carbonyl (C=O) groups excluding carboxylic acids is 1. The quantitative estimate of drug-likeness (QED) is 0.463. The number of hydrogen-bond acceptors (Lipinski definition) is 7. The molecule has 1 unspecified atom stereocenters. The smallest absolute Gasteiger partial charge is 0.278 e. The molecule has 0 saturated carbocycles. The van der Waals surface area contributed by atoms with Gasteiger partial charge in [-0.3, -0.25) is 4.79 Å². The van der Waals surface area contributed by atoms with Gasteiger partial charge in [0.05, 0.1) is 17.8 Å². The van der Waals surface area contributed by atoms with Gasteiger partial charge >= 0.3 is 0 Å². The Bertz CT molecular complexity index is 1210. The Balaban J connectivity index is 1.20. The minimum absolute atomic E-state index is 0.0784. The van der Waals surface area contributed by atoms with Gasteiger partial charge < -0.3 is 14.8 Å². The second kappa shape index (κ2) is 9.15. The summed E-state index contributed by atoms with van der Waals surface area (Å²) in [5, 5.41) is 5.19. The van der Waals surface area contributed by atoms with Crippen molar-refractivity contribution in [3.05, 3.63) is 95.0 Å². The second-order valence-electron chi connectivity index (χ2n) is 7.34.